The first-order chi connectivity index (χ1) is 14.5. The van der Waals surface area contributed by atoms with E-state index in [9.17, 15) is 4.79 Å². The normalized spacial score (nSPS) is 10.8. The first-order valence-corrected chi connectivity index (χ1v) is 9.92. The molecule has 3 aromatic rings. The van der Waals surface area contributed by atoms with E-state index in [1.54, 1.807) is 37.5 Å². The number of aryl methyl sites for hydroxylation is 1. The molecule has 0 amide bonds. The molecule has 0 aliphatic carbocycles. The Morgan fingerprint density at radius 2 is 1.73 bits per heavy atom. The van der Waals surface area contributed by atoms with Crippen molar-refractivity contribution < 1.29 is 19.0 Å². The van der Waals surface area contributed by atoms with E-state index in [1.807, 2.05) is 37.3 Å². The van der Waals surface area contributed by atoms with Crippen molar-refractivity contribution in [3.8, 4) is 17.2 Å². The Labute approximate surface area is 185 Å². The molecule has 6 heteroatoms. The molecule has 0 atom stereocenters. The SMILES string of the molecule is COc1cc(/C=C/C(=O)Oc2ccc(Cl)cc2Cl)ccc1OCc1ccccc1C. The number of carbonyl (C=O) groups is 1. The molecule has 0 bridgehead atoms. The van der Waals surface area contributed by atoms with Crippen molar-refractivity contribution >= 4 is 35.2 Å². The Kier molecular flexibility index (Phi) is 7.39. The fourth-order valence-corrected chi connectivity index (χ4v) is 3.15. The van der Waals surface area contributed by atoms with E-state index in [-0.39, 0.29) is 10.8 Å². The van der Waals surface area contributed by atoms with Crippen molar-refractivity contribution in [1.29, 1.82) is 0 Å². The number of hydrogen-bond acceptors (Lipinski definition) is 4. The van der Waals surface area contributed by atoms with Gasteiger partial charge in [0, 0.05) is 11.1 Å². The van der Waals surface area contributed by atoms with Crippen LogP contribution in [0.2, 0.25) is 10.0 Å². The Morgan fingerprint density at radius 3 is 2.47 bits per heavy atom. The molecular weight excluding hydrogens is 423 g/mol. The van der Waals surface area contributed by atoms with Crippen LogP contribution in [0.4, 0.5) is 0 Å². The summed E-state index contributed by atoms with van der Waals surface area (Å²) in [6.07, 6.45) is 2.94. The van der Waals surface area contributed by atoms with Crippen LogP contribution in [-0.2, 0) is 11.4 Å². The Bertz CT molecular complexity index is 1080. The van der Waals surface area contributed by atoms with Gasteiger partial charge in [0.15, 0.2) is 11.5 Å². The predicted molar refractivity (Wildman–Crippen MR) is 120 cm³/mol. The Balaban J connectivity index is 1.66. The van der Waals surface area contributed by atoms with Crippen molar-refractivity contribution in [2.45, 2.75) is 13.5 Å². The van der Waals surface area contributed by atoms with Gasteiger partial charge >= 0.3 is 5.97 Å². The van der Waals surface area contributed by atoms with Crippen molar-refractivity contribution in [3.63, 3.8) is 0 Å². The molecule has 0 aromatic heterocycles. The third kappa shape index (κ3) is 5.78. The highest BCUT2D eigenvalue weighted by Crippen LogP contribution is 2.30. The van der Waals surface area contributed by atoms with Gasteiger partial charge in [0.25, 0.3) is 0 Å². The van der Waals surface area contributed by atoms with Gasteiger partial charge in [-0.05, 0) is 60.0 Å². The molecule has 0 fully saturated rings. The van der Waals surface area contributed by atoms with Gasteiger partial charge in [-0.1, -0.05) is 53.5 Å². The average molecular weight is 443 g/mol. The summed E-state index contributed by atoms with van der Waals surface area (Å²) >= 11 is 11.9. The minimum absolute atomic E-state index is 0.244. The number of benzene rings is 3. The number of esters is 1. The van der Waals surface area contributed by atoms with Gasteiger partial charge in [-0.25, -0.2) is 4.79 Å². The topological polar surface area (TPSA) is 44.8 Å². The lowest BCUT2D eigenvalue weighted by Crippen LogP contribution is -2.04. The molecule has 4 nitrogen and oxygen atoms in total. The van der Waals surface area contributed by atoms with E-state index < -0.39 is 5.97 Å². The van der Waals surface area contributed by atoms with E-state index in [4.69, 9.17) is 37.4 Å². The molecular formula is C24H20Cl2O4. The largest absolute Gasteiger partial charge is 0.493 e. The average Bonchev–Trinajstić information content (AvgIpc) is 2.74. The van der Waals surface area contributed by atoms with Gasteiger partial charge in [0.05, 0.1) is 12.1 Å². The van der Waals surface area contributed by atoms with Crippen molar-refractivity contribution in [2.75, 3.05) is 7.11 Å². The maximum absolute atomic E-state index is 12.1. The summed E-state index contributed by atoms with van der Waals surface area (Å²) in [5.41, 5.74) is 3.02. The zero-order chi connectivity index (χ0) is 21.5. The van der Waals surface area contributed by atoms with Crippen LogP contribution in [-0.4, -0.2) is 13.1 Å². The van der Waals surface area contributed by atoms with Crippen LogP contribution in [0.1, 0.15) is 16.7 Å². The van der Waals surface area contributed by atoms with Crippen LogP contribution in [0.25, 0.3) is 6.08 Å². The number of ether oxygens (including phenoxy) is 3. The number of methoxy groups -OCH3 is 1. The van der Waals surface area contributed by atoms with E-state index in [0.29, 0.717) is 23.1 Å². The first-order valence-electron chi connectivity index (χ1n) is 9.16. The highest BCUT2D eigenvalue weighted by atomic mass is 35.5. The monoisotopic (exact) mass is 442 g/mol. The summed E-state index contributed by atoms with van der Waals surface area (Å²) < 4.78 is 16.6. The van der Waals surface area contributed by atoms with E-state index in [0.717, 1.165) is 16.7 Å². The molecule has 154 valence electrons. The van der Waals surface area contributed by atoms with E-state index in [1.165, 1.54) is 12.1 Å². The van der Waals surface area contributed by atoms with Gasteiger partial charge < -0.3 is 14.2 Å². The zero-order valence-corrected chi connectivity index (χ0v) is 18.0. The molecule has 3 rings (SSSR count). The van der Waals surface area contributed by atoms with E-state index in [2.05, 4.69) is 0 Å². The summed E-state index contributed by atoms with van der Waals surface area (Å²) in [4.78, 5) is 12.1. The number of rotatable bonds is 7. The fourth-order valence-electron chi connectivity index (χ4n) is 2.70. The molecule has 0 N–H and O–H groups in total. The second-order valence-corrected chi connectivity index (χ2v) is 7.30. The number of halogens is 2. The Hall–Kier alpha value is -2.95. The molecule has 0 heterocycles. The minimum Gasteiger partial charge on any atom is -0.493 e. The predicted octanol–water partition coefficient (Wildman–Crippen LogP) is 6.51. The summed E-state index contributed by atoms with van der Waals surface area (Å²) in [5, 5.41) is 0.730. The van der Waals surface area contributed by atoms with Crippen LogP contribution in [0.3, 0.4) is 0 Å². The lowest BCUT2D eigenvalue weighted by molar-refractivity contribution is -0.128. The molecule has 0 saturated carbocycles. The van der Waals surface area contributed by atoms with Gasteiger partial charge in [0.1, 0.15) is 12.4 Å². The van der Waals surface area contributed by atoms with Gasteiger partial charge in [0.2, 0.25) is 0 Å². The minimum atomic E-state index is -0.557. The van der Waals surface area contributed by atoms with Crippen LogP contribution < -0.4 is 14.2 Å². The third-order valence-electron chi connectivity index (χ3n) is 4.35. The highest BCUT2D eigenvalue weighted by Gasteiger charge is 2.08. The fraction of sp³-hybridized carbons (Fsp3) is 0.125. The van der Waals surface area contributed by atoms with Gasteiger partial charge in [-0.3, -0.25) is 0 Å². The number of hydrogen-bond donors (Lipinski definition) is 0. The van der Waals surface area contributed by atoms with Crippen LogP contribution >= 0.6 is 23.2 Å². The molecule has 0 radical (unpaired) electrons. The lowest BCUT2D eigenvalue weighted by Gasteiger charge is -2.12. The van der Waals surface area contributed by atoms with Crippen molar-refractivity contribution in [3.05, 3.63) is 93.5 Å². The maximum atomic E-state index is 12.1. The summed E-state index contributed by atoms with van der Waals surface area (Å²) in [5.74, 6) is 0.875. The second-order valence-electron chi connectivity index (χ2n) is 6.45. The molecule has 0 spiro atoms. The van der Waals surface area contributed by atoms with Crippen molar-refractivity contribution in [2.24, 2.45) is 0 Å². The lowest BCUT2D eigenvalue weighted by atomic mass is 10.1. The number of carbonyl (C=O) groups excluding carboxylic acids is 1. The summed E-state index contributed by atoms with van der Waals surface area (Å²) in [7, 11) is 1.57. The highest BCUT2D eigenvalue weighted by molar-refractivity contribution is 6.35. The molecule has 0 aliphatic rings. The molecule has 0 unspecified atom stereocenters. The Morgan fingerprint density at radius 1 is 0.967 bits per heavy atom. The smallest absolute Gasteiger partial charge is 0.336 e. The quantitative estimate of drug-likeness (QED) is 0.237. The summed E-state index contributed by atoms with van der Waals surface area (Å²) in [6, 6.07) is 18.1. The standard InChI is InChI=1S/C24H20Cl2O4/c1-16-5-3-4-6-18(16)15-29-22-10-7-17(13-23(22)28-2)8-12-24(27)30-21-11-9-19(25)14-20(21)26/h3-14H,15H2,1-2H3/b12-8+. The van der Waals surface area contributed by atoms with E-state index >= 15 is 0 Å². The van der Waals surface area contributed by atoms with Gasteiger partial charge in [-0.2, -0.15) is 0 Å². The van der Waals surface area contributed by atoms with Crippen LogP contribution in [0, 0.1) is 6.92 Å². The molecule has 0 aliphatic heterocycles. The summed E-state index contributed by atoms with van der Waals surface area (Å²) in [6.45, 7) is 2.48. The first kappa shape index (κ1) is 21.8. The molecule has 0 saturated heterocycles. The molecule has 30 heavy (non-hydrogen) atoms. The van der Waals surface area contributed by atoms with Crippen molar-refractivity contribution in [1.82, 2.24) is 0 Å². The zero-order valence-electron chi connectivity index (χ0n) is 16.5. The van der Waals surface area contributed by atoms with Crippen LogP contribution in [0.15, 0.2) is 66.7 Å². The maximum Gasteiger partial charge on any atom is 0.336 e. The third-order valence-corrected chi connectivity index (χ3v) is 4.88. The van der Waals surface area contributed by atoms with Crippen LogP contribution in [0.5, 0.6) is 17.2 Å². The molecule has 3 aromatic carbocycles. The van der Waals surface area contributed by atoms with Gasteiger partial charge in [-0.15, -0.1) is 0 Å². The second kappa shape index (κ2) is 10.2.